The van der Waals surface area contributed by atoms with E-state index in [1.807, 2.05) is 20.8 Å². The molecule has 0 atom stereocenters. The molecular formula is C10H20N2O2. The van der Waals surface area contributed by atoms with Crippen LogP contribution in [0.25, 0.3) is 0 Å². The third kappa shape index (κ3) is 3.64. The standard InChI is InChI=1S/C10H20N2O2/c1-10(2,3)9(11)12-8-6-13-4-5-14-7-8/h8H,4-7H2,1-3H3,(H2,11,12). The molecule has 0 spiro atoms. The number of amidine groups is 1. The Kier molecular flexibility index (Phi) is 3.89. The lowest BCUT2D eigenvalue weighted by atomic mass is 9.95. The van der Waals surface area contributed by atoms with Gasteiger partial charge in [-0.25, -0.2) is 0 Å². The fraction of sp³-hybridized carbons (Fsp3) is 0.900. The number of hydrogen-bond donors (Lipinski definition) is 1. The number of aliphatic imine (C=N–C) groups is 1. The fourth-order valence-corrected chi connectivity index (χ4v) is 1.07. The first kappa shape index (κ1) is 11.5. The van der Waals surface area contributed by atoms with Crippen LogP contribution in [0.2, 0.25) is 0 Å². The molecule has 14 heavy (non-hydrogen) atoms. The number of nitrogens with zero attached hydrogens (tertiary/aromatic N) is 1. The summed E-state index contributed by atoms with van der Waals surface area (Å²) in [5.41, 5.74) is 5.79. The maximum atomic E-state index is 5.87. The van der Waals surface area contributed by atoms with Gasteiger partial charge in [0.1, 0.15) is 0 Å². The second-order valence-electron chi connectivity index (χ2n) is 4.57. The van der Waals surface area contributed by atoms with Crippen LogP contribution in [-0.4, -0.2) is 38.3 Å². The Bertz CT molecular complexity index is 201. The van der Waals surface area contributed by atoms with Gasteiger partial charge in [-0.15, -0.1) is 0 Å². The van der Waals surface area contributed by atoms with Crippen molar-refractivity contribution in [2.75, 3.05) is 26.4 Å². The first-order valence-corrected chi connectivity index (χ1v) is 4.99. The predicted octanol–water partition coefficient (Wildman–Crippen LogP) is 0.805. The van der Waals surface area contributed by atoms with E-state index in [0.717, 1.165) is 0 Å². The van der Waals surface area contributed by atoms with E-state index < -0.39 is 0 Å². The Morgan fingerprint density at radius 3 is 2.14 bits per heavy atom. The fourth-order valence-electron chi connectivity index (χ4n) is 1.07. The Balaban J connectivity index is 2.55. The highest BCUT2D eigenvalue weighted by Crippen LogP contribution is 2.14. The van der Waals surface area contributed by atoms with Gasteiger partial charge in [0.05, 0.1) is 38.3 Å². The molecule has 0 bridgehead atoms. The zero-order chi connectivity index (χ0) is 10.6. The highest BCUT2D eigenvalue weighted by molar-refractivity contribution is 5.85. The van der Waals surface area contributed by atoms with Crippen molar-refractivity contribution in [2.45, 2.75) is 26.8 Å². The highest BCUT2D eigenvalue weighted by atomic mass is 16.5. The van der Waals surface area contributed by atoms with E-state index in [-0.39, 0.29) is 11.5 Å². The summed E-state index contributed by atoms with van der Waals surface area (Å²) < 4.78 is 10.7. The van der Waals surface area contributed by atoms with E-state index in [1.54, 1.807) is 0 Å². The first-order valence-electron chi connectivity index (χ1n) is 4.99. The van der Waals surface area contributed by atoms with Gasteiger partial charge in [0, 0.05) is 5.41 Å². The van der Waals surface area contributed by atoms with Gasteiger partial charge in [0.15, 0.2) is 0 Å². The van der Waals surface area contributed by atoms with Gasteiger partial charge in [-0.05, 0) is 0 Å². The molecule has 1 heterocycles. The SMILES string of the molecule is CC(C)(C)C(N)=NC1COCCOC1. The normalized spacial score (nSPS) is 22.1. The zero-order valence-corrected chi connectivity index (χ0v) is 9.25. The molecule has 1 aliphatic heterocycles. The van der Waals surface area contributed by atoms with Crippen molar-refractivity contribution in [3.8, 4) is 0 Å². The summed E-state index contributed by atoms with van der Waals surface area (Å²) in [7, 11) is 0. The second-order valence-corrected chi connectivity index (χ2v) is 4.57. The van der Waals surface area contributed by atoms with Crippen LogP contribution in [0, 0.1) is 5.41 Å². The van der Waals surface area contributed by atoms with Gasteiger partial charge < -0.3 is 15.2 Å². The lowest BCUT2D eigenvalue weighted by Gasteiger charge is -2.19. The van der Waals surface area contributed by atoms with E-state index in [2.05, 4.69) is 4.99 Å². The number of ether oxygens (including phenoxy) is 2. The largest absolute Gasteiger partial charge is 0.387 e. The van der Waals surface area contributed by atoms with Crippen LogP contribution < -0.4 is 5.73 Å². The lowest BCUT2D eigenvalue weighted by molar-refractivity contribution is 0.103. The van der Waals surface area contributed by atoms with Gasteiger partial charge in [-0.1, -0.05) is 20.8 Å². The third-order valence-electron chi connectivity index (χ3n) is 2.08. The molecular weight excluding hydrogens is 180 g/mol. The molecule has 82 valence electrons. The van der Waals surface area contributed by atoms with Crippen LogP contribution in [0.1, 0.15) is 20.8 Å². The quantitative estimate of drug-likeness (QED) is 0.503. The maximum absolute atomic E-state index is 5.87. The summed E-state index contributed by atoms with van der Waals surface area (Å²) in [6.07, 6.45) is 0. The van der Waals surface area contributed by atoms with E-state index in [4.69, 9.17) is 15.2 Å². The minimum atomic E-state index is -0.0771. The minimum Gasteiger partial charge on any atom is -0.387 e. The van der Waals surface area contributed by atoms with Crippen molar-refractivity contribution in [3.63, 3.8) is 0 Å². The average Bonchev–Trinajstić information content (AvgIpc) is 2.31. The number of nitrogens with two attached hydrogens (primary N) is 1. The maximum Gasteiger partial charge on any atom is 0.0996 e. The van der Waals surface area contributed by atoms with Crippen molar-refractivity contribution in [1.82, 2.24) is 0 Å². The van der Waals surface area contributed by atoms with Crippen molar-refractivity contribution >= 4 is 5.84 Å². The average molecular weight is 200 g/mol. The smallest absolute Gasteiger partial charge is 0.0996 e. The van der Waals surface area contributed by atoms with Crippen LogP contribution in [0.4, 0.5) is 0 Å². The van der Waals surface area contributed by atoms with Crippen LogP contribution in [0.15, 0.2) is 4.99 Å². The molecule has 0 saturated carbocycles. The van der Waals surface area contributed by atoms with Crippen molar-refractivity contribution in [2.24, 2.45) is 16.1 Å². The minimum absolute atomic E-state index is 0.0525. The Morgan fingerprint density at radius 2 is 1.71 bits per heavy atom. The third-order valence-corrected chi connectivity index (χ3v) is 2.08. The molecule has 2 N–H and O–H groups in total. The summed E-state index contributed by atoms with van der Waals surface area (Å²) in [6.45, 7) is 8.66. The molecule has 0 aliphatic carbocycles. The van der Waals surface area contributed by atoms with Gasteiger partial charge in [0.2, 0.25) is 0 Å². The highest BCUT2D eigenvalue weighted by Gasteiger charge is 2.19. The van der Waals surface area contributed by atoms with Gasteiger partial charge in [-0.3, -0.25) is 4.99 Å². The Morgan fingerprint density at radius 1 is 1.21 bits per heavy atom. The molecule has 1 saturated heterocycles. The summed E-state index contributed by atoms with van der Waals surface area (Å²) in [5, 5.41) is 0. The van der Waals surface area contributed by atoms with E-state index in [9.17, 15) is 0 Å². The number of hydrogen-bond acceptors (Lipinski definition) is 3. The summed E-state index contributed by atoms with van der Waals surface area (Å²) in [4.78, 5) is 4.41. The molecule has 4 nitrogen and oxygen atoms in total. The van der Waals surface area contributed by atoms with Crippen LogP contribution >= 0.6 is 0 Å². The van der Waals surface area contributed by atoms with Gasteiger partial charge >= 0.3 is 0 Å². The lowest BCUT2D eigenvalue weighted by Crippen LogP contribution is -2.32. The Labute approximate surface area is 85.5 Å². The van der Waals surface area contributed by atoms with Gasteiger partial charge in [0.25, 0.3) is 0 Å². The summed E-state index contributed by atoms with van der Waals surface area (Å²) in [5.74, 6) is 0.664. The first-order chi connectivity index (χ1) is 6.50. The molecule has 1 fully saturated rings. The molecule has 0 aromatic heterocycles. The molecule has 0 amide bonds. The molecule has 1 aliphatic rings. The molecule has 0 radical (unpaired) electrons. The molecule has 4 heteroatoms. The number of rotatable bonds is 1. The molecule has 0 aromatic carbocycles. The van der Waals surface area contributed by atoms with Crippen LogP contribution in [-0.2, 0) is 9.47 Å². The van der Waals surface area contributed by atoms with Crippen LogP contribution in [0.3, 0.4) is 0 Å². The Hall–Kier alpha value is -0.610. The van der Waals surface area contributed by atoms with E-state index >= 15 is 0 Å². The topological polar surface area (TPSA) is 56.8 Å². The van der Waals surface area contributed by atoms with Crippen molar-refractivity contribution in [1.29, 1.82) is 0 Å². The monoisotopic (exact) mass is 200 g/mol. The second kappa shape index (κ2) is 4.75. The summed E-state index contributed by atoms with van der Waals surface area (Å²) >= 11 is 0. The summed E-state index contributed by atoms with van der Waals surface area (Å²) in [6, 6.07) is 0.0525. The van der Waals surface area contributed by atoms with Crippen molar-refractivity contribution in [3.05, 3.63) is 0 Å². The predicted molar refractivity (Wildman–Crippen MR) is 56.5 cm³/mol. The van der Waals surface area contributed by atoms with Crippen molar-refractivity contribution < 1.29 is 9.47 Å². The van der Waals surface area contributed by atoms with Crippen LogP contribution in [0.5, 0.6) is 0 Å². The molecule has 0 unspecified atom stereocenters. The molecule has 1 rings (SSSR count). The zero-order valence-electron chi connectivity index (χ0n) is 9.25. The van der Waals surface area contributed by atoms with Gasteiger partial charge in [-0.2, -0.15) is 0 Å². The van der Waals surface area contributed by atoms with E-state index in [1.165, 1.54) is 0 Å². The molecule has 0 aromatic rings. The van der Waals surface area contributed by atoms with E-state index in [0.29, 0.717) is 32.3 Å².